The molecule has 0 heterocycles. The number of carbonyl (C=O) groups excluding carboxylic acids is 2. The predicted octanol–water partition coefficient (Wildman–Crippen LogP) is 2.22. The molecule has 0 saturated carbocycles. The van der Waals surface area contributed by atoms with Gasteiger partial charge in [-0.3, -0.25) is 9.59 Å². The summed E-state index contributed by atoms with van der Waals surface area (Å²) in [6.07, 6.45) is 0. The van der Waals surface area contributed by atoms with Crippen molar-refractivity contribution in [3.63, 3.8) is 0 Å². The maximum absolute atomic E-state index is 12.1. The zero-order chi connectivity index (χ0) is 15.4. The summed E-state index contributed by atoms with van der Waals surface area (Å²) in [6, 6.07) is 13.5. The lowest BCUT2D eigenvalue weighted by atomic mass is 10.1. The summed E-state index contributed by atoms with van der Waals surface area (Å²) in [6.45, 7) is 0. The van der Waals surface area contributed by atoms with Crippen LogP contribution < -0.4 is 11.1 Å². The van der Waals surface area contributed by atoms with Gasteiger partial charge in [0.2, 0.25) is 0 Å². The number of nitrogens with two attached hydrogens (primary N) is 1. The van der Waals surface area contributed by atoms with E-state index in [-0.39, 0.29) is 11.8 Å². The SMILES string of the molecule is CN(C)C(=O)c1ccc(NC(=O)c2cccc(N)c2)cc1. The molecule has 2 aromatic carbocycles. The van der Waals surface area contributed by atoms with Gasteiger partial charge in [0, 0.05) is 36.6 Å². The van der Waals surface area contributed by atoms with Gasteiger partial charge < -0.3 is 16.0 Å². The second-order valence-electron chi connectivity index (χ2n) is 4.86. The van der Waals surface area contributed by atoms with Crippen molar-refractivity contribution < 1.29 is 9.59 Å². The normalized spacial score (nSPS) is 10.0. The Hall–Kier alpha value is -2.82. The Morgan fingerprint density at radius 2 is 1.67 bits per heavy atom. The lowest BCUT2D eigenvalue weighted by Crippen LogP contribution is -2.21. The highest BCUT2D eigenvalue weighted by molar-refractivity contribution is 6.05. The van der Waals surface area contributed by atoms with E-state index < -0.39 is 0 Å². The highest BCUT2D eigenvalue weighted by Crippen LogP contribution is 2.13. The van der Waals surface area contributed by atoms with Gasteiger partial charge in [-0.25, -0.2) is 0 Å². The van der Waals surface area contributed by atoms with E-state index in [0.29, 0.717) is 22.5 Å². The van der Waals surface area contributed by atoms with Gasteiger partial charge in [-0.1, -0.05) is 6.07 Å². The smallest absolute Gasteiger partial charge is 0.255 e. The van der Waals surface area contributed by atoms with Crippen LogP contribution >= 0.6 is 0 Å². The Kier molecular flexibility index (Phi) is 4.23. The molecular weight excluding hydrogens is 266 g/mol. The van der Waals surface area contributed by atoms with Gasteiger partial charge in [-0.15, -0.1) is 0 Å². The van der Waals surface area contributed by atoms with Crippen molar-refractivity contribution in [3.8, 4) is 0 Å². The van der Waals surface area contributed by atoms with Crippen LogP contribution in [0, 0.1) is 0 Å². The monoisotopic (exact) mass is 283 g/mol. The molecule has 0 atom stereocenters. The van der Waals surface area contributed by atoms with Crippen molar-refractivity contribution in [3.05, 3.63) is 59.7 Å². The number of hydrogen-bond donors (Lipinski definition) is 2. The van der Waals surface area contributed by atoms with Crippen LogP contribution in [0.4, 0.5) is 11.4 Å². The number of carbonyl (C=O) groups is 2. The summed E-state index contributed by atoms with van der Waals surface area (Å²) < 4.78 is 0. The summed E-state index contributed by atoms with van der Waals surface area (Å²) in [4.78, 5) is 25.3. The minimum atomic E-state index is -0.242. The summed E-state index contributed by atoms with van der Waals surface area (Å²) >= 11 is 0. The van der Waals surface area contributed by atoms with Crippen molar-refractivity contribution in [1.29, 1.82) is 0 Å². The van der Waals surface area contributed by atoms with Crippen LogP contribution in [0.1, 0.15) is 20.7 Å². The lowest BCUT2D eigenvalue weighted by Gasteiger charge is -2.11. The van der Waals surface area contributed by atoms with Crippen LogP contribution in [0.2, 0.25) is 0 Å². The van der Waals surface area contributed by atoms with Crippen LogP contribution in [0.3, 0.4) is 0 Å². The van der Waals surface area contributed by atoms with Gasteiger partial charge in [0.1, 0.15) is 0 Å². The summed E-state index contributed by atoms with van der Waals surface area (Å²) in [5, 5.41) is 2.76. The first kappa shape index (κ1) is 14.6. The van der Waals surface area contributed by atoms with Crippen molar-refractivity contribution in [1.82, 2.24) is 4.90 Å². The Balaban J connectivity index is 2.10. The maximum atomic E-state index is 12.1. The molecule has 0 unspecified atom stereocenters. The first-order chi connectivity index (χ1) is 9.97. The predicted molar refractivity (Wildman–Crippen MR) is 83.3 cm³/mol. The molecule has 2 aromatic rings. The topological polar surface area (TPSA) is 75.4 Å². The molecule has 0 radical (unpaired) electrons. The van der Waals surface area contributed by atoms with Crippen molar-refractivity contribution >= 4 is 23.2 Å². The number of amides is 2. The molecule has 2 rings (SSSR count). The maximum Gasteiger partial charge on any atom is 0.255 e. The molecule has 108 valence electrons. The summed E-state index contributed by atoms with van der Waals surface area (Å²) in [5.74, 6) is -0.322. The number of rotatable bonds is 3. The number of benzene rings is 2. The average Bonchev–Trinajstić information content (AvgIpc) is 2.47. The highest BCUT2D eigenvalue weighted by atomic mass is 16.2. The minimum absolute atomic E-state index is 0.0799. The zero-order valence-corrected chi connectivity index (χ0v) is 12.0. The number of nitrogen functional groups attached to an aromatic ring is 1. The lowest BCUT2D eigenvalue weighted by molar-refractivity contribution is 0.0827. The number of hydrogen-bond acceptors (Lipinski definition) is 3. The number of nitrogens with zero attached hydrogens (tertiary/aromatic N) is 1. The van der Waals surface area contributed by atoms with Gasteiger partial charge in [-0.2, -0.15) is 0 Å². The molecule has 21 heavy (non-hydrogen) atoms. The van der Waals surface area contributed by atoms with E-state index in [1.54, 1.807) is 62.6 Å². The quantitative estimate of drug-likeness (QED) is 0.848. The van der Waals surface area contributed by atoms with Gasteiger partial charge in [-0.05, 0) is 42.5 Å². The summed E-state index contributed by atoms with van der Waals surface area (Å²) in [7, 11) is 3.38. The van der Waals surface area contributed by atoms with Gasteiger partial charge >= 0.3 is 0 Å². The molecule has 0 saturated heterocycles. The van der Waals surface area contributed by atoms with E-state index in [1.807, 2.05) is 0 Å². The third-order valence-corrected chi connectivity index (χ3v) is 2.94. The van der Waals surface area contributed by atoms with Crippen LogP contribution in [-0.2, 0) is 0 Å². The molecule has 0 aliphatic carbocycles. The van der Waals surface area contributed by atoms with Crippen molar-refractivity contribution in [2.75, 3.05) is 25.1 Å². The van der Waals surface area contributed by atoms with E-state index >= 15 is 0 Å². The first-order valence-electron chi connectivity index (χ1n) is 6.46. The van der Waals surface area contributed by atoms with E-state index in [2.05, 4.69) is 5.32 Å². The Labute approximate surface area is 123 Å². The standard InChI is InChI=1S/C16H17N3O2/c1-19(2)16(21)11-6-8-14(9-7-11)18-15(20)12-4-3-5-13(17)10-12/h3-10H,17H2,1-2H3,(H,18,20). The Morgan fingerprint density at radius 3 is 2.24 bits per heavy atom. The molecule has 0 bridgehead atoms. The fourth-order valence-electron chi connectivity index (χ4n) is 1.84. The first-order valence-corrected chi connectivity index (χ1v) is 6.46. The second-order valence-corrected chi connectivity index (χ2v) is 4.86. The largest absolute Gasteiger partial charge is 0.399 e. The van der Waals surface area contributed by atoms with E-state index in [4.69, 9.17) is 5.73 Å². The molecule has 0 spiro atoms. The highest BCUT2D eigenvalue weighted by Gasteiger charge is 2.09. The van der Waals surface area contributed by atoms with Gasteiger partial charge in [0.15, 0.2) is 0 Å². The minimum Gasteiger partial charge on any atom is -0.399 e. The van der Waals surface area contributed by atoms with Crippen LogP contribution in [-0.4, -0.2) is 30.8 Å². The Bertz CT molecular complexity index is 663. The van der Waals surface area contributed by atoms with Crippen molar-refractivity contribution in [2.24, 2.45) is 0 Å². The van der Waals surface area contributed by atoms with E-state index in [0.717, 1.165) is 0 Å². The molecule has 0 aromatic heterocycles. The molecule has 5 heteroatoms. The number of nitrogens with one attached hydrogen (secondary N) is 1. The third-order valence-electron chi connectivity index (χ3n) is 2.94. The molecule has 2 amide bonds. The molecule has 0 aliphatic heterocycles. The molecule has 3 N–H and O–H groups in total. The zero-order valence-electron chi connectivity index (χ0n) is 12.0. The average molecular weight is 283 g/mol. The van der Waals surface area contributed by atoms with E-state index in [1.165, 1.54) is 4.90 Å². The number of anilines is 2. The molecule has 0 aliphatic rings. The van der Waals surface area contributed by atoms with Gasteiger partial charge in [0.05, 0.1) is 0 Å². The van der Waals surface area contributed by atoms with Crippen LogP contribution in [0.15, 0.2) is 48.5 Å². The second kappa shape index (κ2) is 6.09. The molecular formula is C16H17N3O2. The summed E-state index contributed by atoms with van der Waals surface area (Å²) in [5.41, 5.74) is 7.87. The molecule has 0 fully saturated rings. The van der Waals surface area contributed by atoms with Crippen LogP contribution in [0.25, 0.3) is 0 Å². The Morgan fingerprint density at radius 1 is 1.00 bits per heavy atom. The van der Waals surface area contributed by atoms with E-state index in [9.17, 15) is 9.59 Å². The third kappa shape index (κ3) is 3.60. The fourth-order valence-corrected chi connectivity index (χ4v) is 1.84. The van der Waals surface area contributed by atoms with Crippen molar-refractivity contribution in [2.45, 2.75) is 0 Å². The molecule has 5 nitrogen and oxygen atoms in total. The van der Waals surface area contributed by atoms with Crippen LogP contribution in [0.5, 0.6) is 0 Å². The fraction of sp³-hybridized carbons (Fsp3) is 0.125. The van der Waals surface area contributed by atoms with Gasteiger partial charge in [0.25, 0.3) is 11.8 Å².